The fourth-order valence-corrected chi connectivity index (χ4v) is 4.25. The van der Waals surface area contributed by atoms with Crippen LogP contribution in [0.2, 0.25) is 5.02 Å². The number of rotatable bonds is 5. The highest BCUT2D eigenvalue weighted by molar-refractivity contribution is 7.89. The fourth-order valence-electron chi connectivity index (χ4n) is 2.71. The van der Waals surface area contributed by atoms with Gasteiger partial charge in [0, 0.05) is 22.5 Å². The quantitative estimate of drug-likeness (QED) is 0.663. The third-order valence-electron chi connectivity index (χ3n) is 4.08. The largest absolute Gasteiger partial charge is 0.423 e. The van der Waals surface area contributed by atoms with Gasteiger partial charge in [-0.1, -0.05) is 37.6 Å². The summed E-state index contributed by atoms with van der Waals surface area (Å²) in [5.74, 6) is 0.0319. The first-order valence-electron chi connectivity index (χ1n) is 8.08. The predicted octanol–water partition coefficient (Wildman–Crippen LogP) is 4.12. The van der Waals surface area contributed by atoms with E-state index < -0.39 is 21.7 Å². The third-order valence-corrected chi connectivity index (χ3v) is 5.77. The van der Waals surface area contributed by atoms with Crippen LogP contribution in [0.5, 0.6) is 0 Å². The molecule has 1 aromatic heterocycles. The Morgan fingerprint density at radius 2 is 1.69 bits per heavy atom. The number of nitrogens with one attached hydrogen (secondary N) is 1. The molecule has 0 aliphatic carbocycles. The molecule has 0 fully saturated rings. The van der Waals surface area contributed by atoms with Gasteiger partial charge in [0.05, 0.1) is 4.90 Å². The van der Waals surface area contributed by atoms with Crippen molar-refractivity contribution < 1.29 is 12.8 Å². The molecular weight excluding hydrogens is 374 g/mol. The van der Waals surface area contributed by atoms with Crippen LogP contribution in [0.3, 0.4) is 0 Å². The van der Waals surface area contributed by atoms with Crippen molar-refractivity contribution in [3.05, 3.63) is 75.6 Å². The van der Waals surface area contributed by atoms with E-state index in [2.05, 4.69) is 4.72 Å². The molecule has 0 amide bonds. The van der Waals surface area contributed by atoms with Gasteiger partial charge in [0.15, 0.2) is 0 Å². The second-order valence-electron chi connectivity index (χ2n) is 6.35. The number of benzene rings is 2. The number of hydrogen-bond acceptors (Lipinski definition) is 4. The lowest BCUT2D eigenvalue weighted by atomic mass is 9.97. The molecule has 26 heavy (non-hydrogen) atoms. The molecule has 0 bridgehead atoms. The highest BCUT2D eigenvalue weighted by atomic mass is 35.5. The lowest BCUT2D eigenvalue weighted by Gasteiger charge is -2.23. The first-order chi connectivity index (χ1) is 12.3. The molecule has 1 heterocycles. The van der Waals surface area contributed by atoms with E-state index in [1.54, 1.807) is 18.2 Å². The summed E-state index contributed by atoms with van der Waals surface area (Å²) in [6.45, 7) is 3.88. The average molecular weight is 392 g/mol. The molecular formula is C19H18ClNO4S. The van der Waals surface area contributed by atoms with E-state index in [1.165, 1.54) is 24.3 Å². The van der Waals surface area contributed by atoms with Crippen LogP contribution in [0, 0.1) is 5.92 Å². The molecule has 0 radical (unpaired) electrons. The van der Waals surface area contributed by atoms with E-state index in [9.17, 15) is 13.2 Å². The smallest absolute Gasteiger partial charge is 0.336 e. The first-order valence-corrected chi connectivity index (χ1v) is 9.94. The zero-order valence-electron chi connectivity index (χ0n) is 14.3. The minimum Gasteiger partial charge on any atom is -0.423 e. The van der Waals surface area contributed by atoms with Crippen molar-refractivity contribution >= 4 is 32.6 Å². The molecule has 7 heteroatoms. The topological polar surface area (TPSA) is 76.4 Å². The van der Waals surface area contributed by atoms with Gasteiger partial charge in [0.25, 0.3) is 0 Å². The van der Waals surface area contributed by atoms with E-state index in [1.807, 2.05) is 26.0 Å². The van der Waals surface area contributed by atoms with Crippen molar-refractivity contribution in [2.75, 3.05) is 0 Å². The Kier molecular flexibility index (Phi) is 5.18. The summed E-state index contributed by atoms with van der Waals surface area (Å²) in [5, 5.41) is 1.13. The minimum atomic E-state index is -3.77. The summed E-state index contributed by atoms with van der Waals surface area (Å²) in [4.78, 5) is 11.4. The summed E-state index contributed by atoms with van der Waals surface area (Å²) in [5.41, 5.74) is 0.697. The number of hydrogen-bond donors (Lipinski definition) is 1. The lowest BCUT2D eigenvalue weighted by molar-refractivity contribution is 0.463. The van der Waals surface area contributed by atoms with Crippen molar-refractivity contribution in [1.29, 1.82) is 0 Å². The molecule has 0 saturated carbocycles. The van der Waals surface area contributed by atoms with Gasteiger partial charge >= 0.3 is 5.63 Å². The SMILES string of the molecule is CC(C)C(NS(=O)(=O)c1ccc2oc(=O)ccc2c1)c1ccc(Cl)cc1. The molecule has 0 aliphatic rings. The number of fused-ring (bicyclic) bond motifs is 1. The van der Waals surface area contributed by atoms with Gasteiger partial charge in [-0.3, -0.25) is 0 Å². The second kappa shape index (κ2) is 7.23. The normalized spacial score (nSPS) is 13.2. The van der Waals surface area contributed by atoms with Gasteiger partial charge < -0.3 is 4.42 Å². The van der Waals surface area contributed by atoms with Gasteiger partial charge in [-0.05, 0) is 47.9 Å². The molecule has 1 atom stereocenters. The Morgan fingerprint density at radius 1 is 1.00 bits per heavy atom. The maximum atomic E-state index is 12.9. The highest BCUT2D eigenvalue weighted by Crippen LogP contribution is 2.26. The Labute approximate surface area is 156 Å². The van der Waals surface area contributed by atoms with Crippen LogP contribution in [0.4, 0.5) is 0 Å². The van der Waals surface area contributed by atoms with Crippen LogP contribution in [0.15, 0.2) is 68.7 Å². The van der Waals surface area contributed by atoms with Crippen LogP contribution in [-0.2, 0) is 10.0 Å². The Morgan fingerprint density at radius 3 is 2.35 bits per heavy atom. The van der Waals surface area contributed by atoms with Crippen LogP contribution in [0.25, 0.3) is 11.0 Å². The van der Waals surface area contributed by atoms with Crippen LogP contribution in [0.1, 0.15) is 25.5 Å². The molecule has 0 spiro atoms. The van der Waals surface area contributed by atoms with Crippen molar-refractivity contribution in [3.63, 3.8) is 0 Å². The first kappa shape index (κ1) is 18.6. The number of halogens is 1. The maximum Gasteiger partial charge on any atom is 0.336 e. The van der Waals surface area contributed by atoms with Gasteiger partial charge in [0.1, 0.15) is 5.58 Å². The predicted molar refractivity (Wildman–Crippen MR) is 102 cm³/mol. The number of sulfonamides is 1. The van der Waals surface area contributed by atoms with Gasteiger partial charge in [0.2, 0.25) is 10.0 Å². The summed E-state index contributed by atoms with van der Waals surface area (Å²) < 4.78 is 33.5. The van der Waals surface area contributed by atoms with Crippen LogP contribution < -0.4 is 10.3 Å². The summed E-state index contributed by atoms with van der Waals surface area (Å²) in [6, 6.07) is 13.9. The Hall–Kier alpha value is -2.15. The lowest BCUT2D eigenvalue weighted by Crippen LogP contribution is -2.31. The molecule has 136 valence electrons. The maximum absolute atomic E-state index is 12.9. The minimum absolute atomic E-state index is 0.0319. The molecule has 2 aromatic carbocycles. The molecule has 0 saturated heterocycles. The second-order valence-corrected chi connectivity index (χ2v) is 8.50. The van der Waals surface area contributed by atoms with Crippen LogP contribution in [-0.4, -0.2) is 8.42 Å². The summed E-state index contributed by atoms with van der Waals surface area (Å²) in [7, 11) is -3.77. The van der Waals surface area contributed by atoms with E-state index in [0.29, 0.717) is 16.0 Å². The van der Waals surface area contributed by atoms with Crippen molar-refractivity contribution in [1.82, 2.24) is 4.72 Å². The highest BCUT2D eigenvalue weighted by Gasteiger charge is 2.24. The molecule has 5 nitrogen and oxygen atoms in total. The Bertz CT molecular complexity index is 1090. The van der Waals surface area contributed by atoms with Crippen molar-refractivity contribution in [2.45, 2.75) is 24.8 Å². The van der Waals surface area contributed by atoms with E-state index in [4.69, 9.17) is 16.0 Å². The van der Waals surface area contributed by atoms with E-state index >= 15 is 0 Å². The van der Waals surface area contributed by atoms with Gasteiger partial charge in [-0.15, -0.1) is 0 Å². The summed E-state index contributed by atoms with van der Waals surface area (Å²) >= 11 is 5.92. The third kappa shape index (κ3) is 3.98. The molecule has 3 aromatic rings. The zero-order chi connectivity index (χ0) is 18.9. The standard InChI is InChI=1S/C19H18ClNO4S/c1-12(2)19(13-3-6-15(20)7-4-13)21-26(23,24)16-8-9-17-14(11-16)5-10-18(22)25-17/h3-12,19,21H,1-2H3. The van der Waals surface area contributed by atoms with E-state index in [-0.39, 0.29) is 10.8 Å². The molecule has 0 aliphatic heterocycles. The summed E-state index contributed by atoms with van der Waals surface area (Å²) in [6.07, 6.45) is 0. The van der Waals surface area contributed by atoms with Crippen LogP contribution >= 0.6 is 11.6 Å². The molecule has 1 unspecified atom stereocenters. The van der Waals surface area contributed by atoms with Crippen molar-refractivity contribution in [3.8, 4) is 0 Å². The fraction of sp³-hybridized carbons (Fsp3) is 0.211. The monoisotopic (exact) mass is 391 g/mol. The molecule has 1 N–H and O–H groups in total. The zero-order valence-corrected chi connectivity index (χ0v) is 15.8. The molecule has 3 rings (SSSR count). The Balaban J connectivity index is 1.97. The van der Waals surface area contributed by atoms with Gasteiger partial charge in [-0.25, -0.2) is 17.9 Å². The average Bonchev–Trinajstić information content (AvgIpc) is 2.60. The van der Waals surface area contributed by atoms with E-state index in [0.717, 1.165) is 5.56 Å². The van der Waals surface area contributed by atoms with Crippen molar-refractivity contribution in [2.24, 2.45) is 5.92 Å². The van der Waals surface area contributed by atoms with Gasteiger partial charge in [-0.2, -0.15) is 0 Å².